The van der Waals surface area contributed by atoms with Crippen LogP contribution in [0.4, 0.5) is 0 Å². The van der Waals surface area contributed by atoms with Gasteiger partial charge in [-0.3, -0.25) is 0 Å². The van der Waals surface area contributed by atoms with Crippen molar-refractivity contribution in [3.05, 3.63) is 16.4 Å². The second-order valence-corrected chi connectivity index (χ2v) is 2.84. The molecule has 0 amide bonds. The van der Waals surface area contributed by atoms with E-state index in [9.17, 15) is 0 Å². The summed E-state index contributed by atoms with van der Waals surface area (Å²) in [4.78, 5) is 0.745. The van der Waals surface area contributed by atoms with Crippen LogP contribution in [-0.4, -0.2) is 4.57 Å². The summed E-state index contributed by atoms with van der Waals surface area (Å²) in [6.07, 6.45) is 1.80. The molecule has 0 saturated heterocycles. The molecule has 1 aromatic rings. The number of nitrogens with zero attached hydrogens (tertiary/aromatic N) is 2. The molecule has 10 heavy (non-hydrogen) atoms. The van der Waals surface area contributed by atoms with E-state index in [0.29, 0.717) is 0 Å². The average Bonchev–Trinajstić information content (AvgIpc) is 2.33. The van der Waals surface area contributed by atoms with Crippen molar-refractivity contribution in [2.45, 2.75) is 13.1 Å². The minimum Gasteiger partial charge on any atom is -0.320 e. The van der Waals surface area contributed by atoms with E-state index in [1.165, 1.54) is 11.3 Å². The van der Waals surface area contributed by atoms with Gasteiger partial charge in [-0.25, -0.2) is 0 Å². The van der Waals surface area contributed by atoms with Crippen LogP contribution in [0.2, 0.25) is 0 Å². The topological polar surface area (TPSA) is 69.3 Å². The van der Waals surface area contributed by atoms with Gasteiger partial charge in [0.25, 0.3) is 0 Å². The maximum Gasteiger partial charge on any atom is 0.208 e. The van der Waals surface area contributed by atoms with Crippen molar-refractivity contribution in [2.75, 3.05) is 0 Å². The highest BCUT2D eigenvalue weighted by Gasteiger charge is 1.97. The summed E-state index contributed by atoms with van der Waals surface area (Å²) < 4.78 is 1.81. The van der Waals surface area contributed by atoms with Crippen molar-refractivity contribution >= 4 is 11.3 Å². The zero-order valence-electron chi connectivity index (χ0n) is 5.69. The fourth-order valence-electron chi connectivity index (χ4n) is 0.689. The predicted molar refractivity (Wildman–Crippen MR) is 41.0 cm³/mol. The molecule has 0 aliphatic heterocycles. The first-order valence-electron chi connectivity index (χ1n) is 2.91. The monoisotopic (exact) mass is 158 g/mol. The largest absolute Gasteiger partial charge is 0.320 e. The molecule has 0 fully saturated rings. The molecule has 4 N–H and O–H groups in total. The summed E-state index contributed by atoms with van der Waals surface area (Å²) in [5, 5.41) is 5.45. The van der Waals surface area contributed by atoms with Gasteiger partial charge in [0.05, 0.1) is 6.17 Å². The van der Waals surface area contributed by atoms with Gasteiger partial charge in [-0.05, 0) is 6.92 Å². The van der Waals surface area contributed by atoms with E-state index in [1.54, 1.807) is 0 Å². The van der Waals surface area contributed by atoms with Crippen LogP contribution in [0.15, 0.2) is 16.7 Å². The lowest BCUT2D eigenvalue weighted by atomic mass is 10.6. The quantitative estimate of drug-likeness (QED) is 0.439. The number of hydrogen-bond acceptors (Lipinski definition) is 4. The van der Waals surface area contributed by atoms with Crippen molar-refractivity contribution in [3.63, 3.8) is 0 Å². The van der Waals surface area contributed by atoms with Gasteiger partial charge < -0.3 is 16.1 Å². The maximum absolute atomic E-state index is 5.59. The van der Waals surface area contributed by atoms with Gasteiger partial charge in [0.2, 0.25) is 4.80 Å². The molecular weight excluding hydrogens is 148 g/mol. The number of aromatic nitrogens is 1. The van der Waals surface area contributed by atoms with E-state index in [-0.39, 0.29) is 6.17 Å². The Morgan fingerprint density at radius 2 is 2.50 bits per heavy atom. The van der Waals surface area contributed by atoms with Gasteiger partial charge in [0.15, 0.2) is 0 Å². The lowest BCUT2D eigenvalue weighted by Crippen LogP contribution is -2.24. The molecular formula is C5H10N4S. The Labute approximate surface area is 62.8 Å². The summed E-state index contributed by atoms with van der Waals surface area (Å²) in [6.45, 7) is 1.88. The third-order valence-electron chi connectivity index (χ3n) is 1.17. The first kappa shape index (κ1) is 7.30. The fraction of sp³-hybridized carbons (Fsp3) is 0.400. The molecule has 0 radical (unpaired) electrons. The highest BCUT2D eigenvalue weighted by molar-refractivity contribution is 7.07. The molecule has 5 heteroatoms. The van der Waals surface area contributed by atoms with Crippen LogP contribution >= 0.6 is 11.3 Å². The highest BCUT2D eigenvalue weighted by atomic mass is 32.1. The third kappa shape index (κ3) is 1.19. The lowest BCUT2D eigenvalue weighted by molar-refractivity contribution is 0.555. The smallest absolute Gasteiger partial charge is 0.208 e. The summed E-state index contributed by atoms with van der Waals surface area (Å²) >= 11 is 1.47. The van der Waals surface area contributed by atoms with Crippen LogP contribution in [0.3, 0.4) is 0 Å². The number of hydrogen-bond donors (Lipinski definition) is 2. The van der Waals surface area contributed by atoms with Crippen LogP contribution in [0.25, 0.3) is 0 Å². The van der Waals surface area contributed by atoms with Crippen molar-refractivity contribution in [1.82, 2.24) is 4.57 Å². The van der Waals surface area contributed by atoms with Gasteiger partial charge in [0.1, 0.15) is 0 Å². The van der Waals surface area contributed by atoms with Crippen LogP contribution < -0.4 is 16.4 Å². The third-order valence-corrected chi connectivity index (χ3v) is 1.95. The maximum atomic E-state index is 5.59. The van der Waals surface area contributed by atoms with Crippen molar-refractivity contribution < 1.29 is 0 Å². The number of nitrogens with two attached hydrogens (primary N) is 2. The van der Waals surface area contributed by atoms with Crippen molar-refractivity contribution in [2.24, 2.45) is 16.7 Å². The predicted octanol–water partition coefficient (Wildman–Crippen LogP) is -0.199. The first-order chi connectivity index (χ1) is 4.75. The van der Waals surface area contributed by atoms with Crippen LogP contribution in [-0.2, 0) is 0 Å². The molecule has 1 atom stereocenters. The van der Waals surface area contributed by atoms with Gasteiger partial charge in [0, 0.05) is 11.6 Å². The van der Waals surface area contributed by atoms with E-state index in [1.807, 2.05) is 23.1 Å². The molecule has 1 unspecified atom stereocenters. The van der Waals surface area contributed by atoms with Crippen LogP contribution in [0.5, 0.6) is 0 Å². The van der Waals surface area contributed by atoms with Gasteiger partial charge in [-0.15, -0.1) is 11.3 Å². The Morgan fingerprint density at radius 1 is 1.80 bits per heavy atom. The second kappa shape index (κ2) is 2.85. The molecule has 1 heterocycles. The molecule has 1 rings (SSSR count). The van der Waals surface area contributed by atoms with Gasteiger partial charge in [-0.2, -0.15) is 5.10 Å². The normalized spacial score (nSPS) is 15.6. The van der Waals surface area contributed by atoms with Crippen LogP contribution in [0.1, 0.15) is 13.1 Å². The first-order valence-corrected chi connectivity index (χ1v) is 3.79. The molecule has 0 bridgehead atoms. The summed E-state index contributed by atoms with van der Waals surface area (Å²) in [5.74, 6) is 5.09. The van der Waals surface area contributed by atoms with E-state index in [4.69, 9.17) is 11.6 Å². The Hall–Kier alpha value is -0.810. The Kier molecular flexibility index (Phi) is 2.08. The average molecular weight is 158 g/mol. The van der Waals surface area contributed by atoms with Crippen molar-refractivity contribution in [3.8, 4) is 0 Å². The number of thiazole rings is 1. The molecule has 0 aromatic carbocycles. The van der Waals surface area contributed by atoms with E-state index >= 15 is 0 Å². The molecule has 4 nitrogen and oxygen atoms in total. The standard InChI is InChI=1S/C5H10N4S/c1-4(6)9-2-3-10-5(9)8-7/h2-4H,6-7H2,1H3/b8-5-. The van der Waals surface area contributed by atoms with Crippen molar-refractivity contribution in [1.29, 1.82) is 0 Å². The number of rotatable bonds is 1. The zero-order valence-corrected chi connectivity index (χ0v) is 6.51. The lowest BCUT2D eigenvalue weighted by Gasteiger charge is -2.04. The minimum atomic E-state index is -0.0615. The van der Waals surface area contributed by atoms with E-state index in [2.05, 4.69) is 5.10 Å². The minimum absolute atomic E-state index is 0.0615. The van der Waals surface area contributed by atoms with E-state index < -0.39 is 0 Å². The molecule has 1 aromatic heterocycles. The fourth-order valence-corrected chi connectivity index (χ4v) is 1.41. The Balaban J connectivity index is 3.15. The molecule has 0 aliphatic carbocycles. The zero-order chi connectivity index (χ0) is 7.56. The molecule has 0 spiro atoms. The molecule has 0 aliphatic rings. The van der Waals surface area contributed by atoms with Crippen LogP contribution in [0, 0.1) is 0 Å². The van der Waals surface area contributed by atoms with Gasteiger partial charge in [-0.1, -0.05) is 0 Å². The van der Waals surface area contributed by atoms with Gasteiger partial charge >= 0.3 is 0 Å². The molecule has 0 saturated carbocycles. The van der Waals surface area contributed by atoms with E-state index in [0.717, 1.165) is 4.80 Å². The SMILES string of the molecule is CC(N)n1ccs/c1=N\N. The molecule has 56 valence electrons. The highest BCUT2D eigenvalue weighted by Crippen LogP contribution is 1.94. The summed E-state index contributed by atoms with van der Waals surface area (Å²) in [5.41, 5.74) is 5.59. The Morgan fingerprint density at radius 3 is 2.90 bits per heavy atom. The summed E-state index contributed by atoms with van der Waals surface area (Å²) in [7, 11) is 0. The Bertz CT molecular complexity index is 259. The summed E-state index contributed by atoms with van der Waals surface area (Å²) in [6, 6.07) is 0. The second-order valence-electron chi connectivity index (χ2n) is 1.96.